The minimum atomic E-state index is -4.67. The van der Waals surface area contributed by atoms with Crippen LogP contribution in [-0.2, 0) is 34.6 Å². The Balaban J connectivity index is 1.60. The Morgan fingerprint density at radius 3 is 2.43 bits per heavy atom. The summed E-state index contributed by atoms with van der Waals surface area (Å²) in [5.41, 5.74) is -3.12. The van der Waals surface area contributed by atoms with E-state index in [0.29, 0.717) is 11.8 Å². The Morgan fingerprint density at radius 1 is 1.06 bits per heavy atom. The number of carbonyl (C=O) groups is 1. The number of aromatic nitrogens is 1. The molecule has 4 aromatic carbocycles. The lowest BCUT2D eigenvalue weighted by Gasteiger charge is -2.39. The van der Waals surface area contributed by atoms with E-state index in [9.17, 15) is 33.6 Å². The van der Waals surface area contributed by atoms with Gasteiger partial charge in [0.15, 0.2) is 17.1 Å². The maximum Gasteiger partial charge on any atom is 0.416 e. The van der Waals surface area contributed by atoms with E-state index >= 15 is 4.79 Å². The number of ether oxygens (including phenoxy) is 1. The number of methoxy groups -OCH3 is 1. The molecule has 1 saturated heterocycles. The van der Waals surface area contributed by atoms with E-state index in [1.54, 1.807) is 0 Å². The van der Waals surface area contributed by atoms with Gasteiger partial charge < -0.3 is 19.1 Å². The fourth-order valence-electron chi connectivity index (χ4n) is 5.19. The molecule has 0 saturated carbocycles. The van der Waals surface area contributed by atoms with Crippen molar-refractivity contribution < 1.29 is 56.2 Å². The van der Waals surface area contributed by atoms with Crippen LogP contribution in [0.5, 0.6) is 0 Å². The fourth-order valence-corrected chi connectivity index (χ4v) is 6.18. The highest BCUT2D eigenvalue weighted by atomic mass is 32.2. The van der Waals surface area contributed by atoms with Crippen LogP contribution in [0.2, 0.25) is 0 Å². The monoisotopic (exact) mass is 767 g/mol. The smallest absolute Gasteiger partial charge is 0.383 e. The summed E-state index contributed by atoms with van der Waals surface area (Å²) in [5, 5.41) is -1.37. The minimum absolute atomic E-state index is 0.0484. The molecule has 0 aliphatic carbocycles. The van der Waals surface area contributed by atoms with Crippen molar-refractivity contribution in [3.63, 3.8) is 0 Å². The van der Waals surface area contributed by atoms with Gasteiger partial charge in [0.2, 0.25) is 5.91 Å². The third-order valence-corrected chi connectivity index (χ3v) is 8.90. The average Bonchev–Trinajstić information content (AvgIpc) is 3.27. The summed E-state index contributed by atoms with van der Waals surface area (Å²) in [6.45, 7) is -15.3. The van der Waals surface area contributed by atoms with Gasteiger partial charge in [-0.3, -0.25) is 9.59 Å². The molecule has 6 nitrogen and oxygen atoms in total. The molecule has 6 rings (SSSR count). The third kappa shape index (κ3) is 9.17. The first-order valence-corrected chi connectivity index (χ1v) is 16.6. The number of alkyl halides is 3. The lowest BCUT2D eigenvalue weighted by Crippen LogP contribution is -2.48. The highest BCUT2D eigenvalue weighted by molar-refractivity contribution is 7.98. The van der Waals surface area contributed by atoms with E-state index in [1.807, 2.05) is 0 Å². The van der Waals surface area contributed by atoms with Crippen molar-refractivity contribution in [2.75, 3.05) is 33.1 Å². The maximum absolute atomic E-state index is 15.4. The van der Waals surface area contributed by atoms with Gasteiger partial charge in [-0.1, -0.05) is 54.6 Å². The number of piperidine rings is 1. The van der Waals surface area contributed by atoms with Crippen molar-refractivity contribution in [2.24, 2.45) is 0 Å². The molecule has 12 heteroatoms. The summed E-state index contributed by atoms with van der Waals surface area (Å²) in [7, 11) is -3.39. The first-order valence-electron chi connectivity index (χ1n) is 24.6. The van der Waals surface area contributed by atoms with Crippen LogP contribution in [0.4, 0.5) is 22.0 Å². The molecule has 1 aromatic heterocycles. The molecule has 2 heterocycles. The summed E-state index contributed by atoms with van der Waals surface area (Å²) < 4.78 is 231. The number of halogens is 5. The first-order chi connectivity index (χ1) is 32.4. The van der Waals surface area contributed by atoms with E-state index in [-0.39, 0.29) is 32.7 Å². The number of hydrogen-bond donors (Lipinski definition) is 0. The third-order valence-electron chi connectivity index (χ3n) is 7.85. The molecule has 5 aromatic rings. The van der Waals surface area contributed by atoms with Gasteiger partial charge in [0.1, 0.15) is 6.54 Å². The SMILES string of the molecule is [2H]c1c(C)c([2H])c2c(c1[2H])c(=O)c([2H])c(SCc1cccc(F)c1F)n2CC(=O)N(Cc1ccc(-c2ccc(C(F)(F)F)cc2)cc1)C1([2H])C([2H])([2H])C([2H])([2H])N(C([2H])([2H])COC([2H])([2H])[2H])C([2H])([2H])C1([2H])[2H]. The Labute approximate surface area is 334 Å². The molecule has 1 amide bonds. The summed E-state index contributed by atoms with van der Waals surface area (Å²) in [4.78, 5) is 28.7. The number of thioether (sulfide) groups is 1. The molecular weight excluding hydrogens is 710 g/mol. The van der Waals surface area contributed by atoms with Gasteiger partial charge in [0.25, 0.3) is 0 Å². The van der Waals surface area contributed by atoms with Gasteiger partial charge in [0.05, 0.1) is 33.7 Å². The molecule has 0 spiro atoms. The van der Waals surface area contributed by atoms with E-state index in [0.717, 1.165) is 47.0 Å². The van der Waals surface area contributed by atoms with E-state index in [4.69, 9.17) is 17.8 Å². The number of likely N-dealkylation sites (tertiary alicyclic amines) is 1. The summed E-state index contributed by atoms with van der Waals surface area (Å²) in [6.07, 6.45) is -13.3. The number of fused-ring (bicyclic) bond motifs is 1. The Kier molecular flexibility index (Phi) is 6.72. The van der Waals surface area contributed by atoms with Crippen LogP contribution in [0.3, 0.4) is 0 Å². The minimum Gasteiger partial charge on any atom is -0.383 e. The molecule has 1 aliphatic heterocycles. The molecule has 0 bridgehead atoms. The molecule has 53 heavy (non-hydrogen) atoms. The number of nitrogens with zero attached hydrogens (tertiary/aromatic N) is 3. The van der Waals surface area contributed by atoms with Crippen LogP contribution in [0.25, 0.3) is 22.0 Å². The molecule has 0 unspecified atom stereocenters. The van der Waals surface area contributed by atoms with Crippen LogP contribution >= 0.6 is 11.8 Å². The van der Waals surface area contributed by atoms with Gasteiger partial charge in [-0.05, 0) is 72.2 Å². The summed E-state index contributed by atoms with van der Waals surface area (Å²) >= 11 is 0.435. The van der Waals surface area contributed by atoms with Gasteiger partial charge in [-0.2, -0.15) is 13.2 Å². The number of carbonyl (C=O) groups excluding carboxylic acids is 1. The van der Waals surface area contributed by atoms with Gasteiger partial charge in [-0.15, -0.1) is 11.8 Å². The number of pyridine rings is 1. The summed E-state index contributed by atoms with van der Waals surface area (Å²) in [6, 6.07) is 4.53. The van der Waals surface area contributed by atoms with Gasteiger partial charge in [-0.25, -0.2) is 8.78 Å². The molecule has 278 valence electrons. The second-order valence-corrected chi connectivity index (χ2v) is 12.4. The zero-order valence-corrected chi connectivity index (χ0v) is 28.4. The van der Waals surface area contributed by atoms with Crippen LogP contribution in [0.1, 0.15) is 59.7 Å². The Hall–Kier alpha value is -4.52. The zero-order valence-electron chi connectivity index (χ0n) is 45.5. The van der Waals surface area contributed by atoms with Gasteiger partial charge in [0, 0.05) is 75.5 Å². The molecule has 0 atom stereocenters. The predicted molar refractivity (Wildman–Crippen MR) is 198 cm³/mol. The highest BCUT2D eigenvalue weighted by Gasteiger charge is 2.31. The zero-order chi connectivity index (χ0) is 53.6. The average molecular weight is 768 g/mol. The predicted octanol–water partition coefficient (Wildman–Crippen LogP) is 8.71. The van der Waals surface area contributed by atoms with Gasteiger partial charge >= 0.3 is 6.18 Å². The standard InChI is InChI=1S/C41H40F5N3O3S/c1-27-6-15-34-36(22-27)49(39(23-37(34)50)53-26-31-4-3-5-35(42)40(31)43)25-38(51)48(33-16-18-47(19-17-33)20-21-52-2)24-28-7-9-29(10-8-28)30-11-13-32(14-12-30)41(44,45)46/h3-15,22-23,33H,16-21,24-26H2,1-2H3/i2D3,6D,15D,16D2,17D2,18D2,19D2,20D2,22D,23D,33D. The van der Waals surface area contributed by atoms with Crippen molar-refractivity contribution >= 4 is 28.6 Å². The maximum atomic E-state index is 15.4. The fraction of sp³-hybridized carbons (Fsp3) is 0.317. The quantitative estimate of drug-likeness (QED) is 0.0940. The van der Waals surface area contributed by atoms with E-state index in [1.165, 1.54) is 31.2 Å². The molecule has 0 N–H and O–H groups in total. The first kappa shape index (κ1) is 21.4. The van der Waals surface area contributed by atoms with Crippen molar-refractivity contribution in [3.05, 3.63) is 135 Å². The largest absolute Gasteiger partial charge is 0.416 e. The van der Waals surface area contributed by atoms with Crippen LogP contribution in [0.15, 0.2) is 101 Å². The lowest BCUT2D eigenvalue weighted by atomic mass is 10.00. The van der Waals surface area contributed by atoms with E-state index in [2.05, 4.69) is 4.74 Å². The lowest BCUT2D eigenvalue weighted by molar-refractivity contribution is -0.137. The molecule has 0 radical (unpaired) electrons. The molecule has 1 fully saturated rings. The number of hydrogen-bond acceptors (Lipinski definition) is 5. The molecule has 1 aliphatic rings. The van der Waals surface area contributed by atoms with Crippen LogP contribution in [-0.4, -0.2) is 59.4 Å². The second kappa shape index (κ2) is 16.7. The number of rotatable bonds is 12. The normalized spacial score (nSPS) is 24.0. The van der Waals surface area contributed by atoms with Crippen LogP contribution in [0, 0.1) is 18.6 Å². The number of amides is 1. The number of benzene rings is 4. The van der Waals surface area contributed by atoms with E-state index < -0.39 is 150 Å². The highest BCUT2D eigenvalue weighted by Crippen LogP contribution is 2.32. The van der Waals surface area contributed by atoms with Crippen LogP contribution < -0.4 is 5.43 Å². The summed E-state index contributed by atoms with van der Waals surface area (Å²) in [5.74, 6) is -4.88. The van der Waals surface area contributed by atoms with Crippen molar-refractivity contribution in [1.29, 1.82) is 0 Å². The van der Waals surface area contributed by atoms with Crippen molar-refractivity contribution in [3.8, 4) is 11.1 Å². The Bertz CT molecular complexity index is 2930. The topological polar surface area (TPSA) is 54.8 Å². The van der Waals surface area contributed by atoms with Crippen molar-refractivity contribution in [1.82, 2.24) is 14.4 Å². The molecular formula is C41H40F5N3O3S. The Morgan fingerprint density at radius 2 is 1.75 bits per heavy atom. The second-order valence-electron chi connectivity index (χ2n) is 11.4. The van der Waals surface area contributed by atoms with Crippen molar-refractivity contribution in [2.45, 2.75) is 55.7 Å².